The largest absolute Gasteiger partial charge is 0.357 e. The molecule has 0 saturated heterocycles. The van der Waals surface area contributed by atoms with Crippen LogP contribution in [-0.2, 0) is 4.79 Å². The zero-order valence-electron chi connectivity index (χ0n) is 17.8. The maximum absolute atomic E-state index is 13.3. The molecule has 0 aromatic heterocycles. The number of nitrogens with one attached hydrogen (secondary N) is 3. The molecular formula is C23H30FN5O. The van der Waals surface area contributed by atoms with Crippen molar-refractivity contribution < 1.29 is 9.18 Å². The molecular weight excluding hydrogens is 381 g/mol. The molecule has 0 saturated carbocycles. The number of para-hydroxylation sites is 1. The lowest BCUT2D eigenvalue weighted by Gasteiger charge is -2.27. The quantitative estimate of drug-likeness (QED) is 0.484. The molecule has 0 aliphatic carbocycles. The Kier molecular flexibility index (Phi) is 7.41. The number of fused-ring (bicyclic) bond motifs is 1. The van der Waals surface area contributed by atoms with Gasteiger partial charge in [0.2, 0.25) is 5.91 Å². The number of likely N-dealkylation sites (N-methyl/N-ethyl adjacent to an activating group) is 1. The third-order valence-electron chi connectivity index (χ3n) is 5.27. The van der Waals surface area contributed by atoms with Gasteiger partial charge in [0, 0.05) is 31.1 Å². The van der Waals surface area contributed by atoms with Crippen LogP contribution in [0.25, 0.3) is 0 Å². The molecule has 6 nitrogen and oxygen atoms in total. The normalized spacial score (nSPS) is 17.3. The predicted molar refractivity (Wildman–Crippen MR) is 119 cm³/mol. The van der Waals surface area contributed by atoms with E-state index < -0.39 is 0 Å². The molecule has 0 bridgehead atoms. The maximum atomic E-state index is 13.3. The fourth-order valence-electron chi connectivity index (χ4n) is 3.68. The first-order valence-corrected chi connectivity index (χ1v) is 10.3. The van der Waals surface area contributed by atoms with Gasteiger partial charge in [0.25, 0.3) is 0 Å². The molecule has 0 fully saturated rings. The van der Waals surface area contributed by atoms with Gasteiger partial charge in [-0.1, -0.05) is 30.3 Å². The van der Waals surface area contributed by atoms with E-state index in [1.54, 1.807) is 12.1 Å². The minimum absolute atomic E-state index is 0.0299. The maximum Gasteiger partial charge on any atom is 0.225 e. The van der Waals surface area contributed by atoms with Gasteiger partial charge in [0.15, 0.2) is 5.96 Å². The van der Waals surface area contributed by atoms with Gasteiger partial charge in [-0.05, 0) is 50.3 Å². The number of carbonyl (C=O) groups excluding carboxylic acids is 1. The SMILES string of the molecule is CCNC(=NCC(c1ccc(F)cc1)N(C)C)NCC1CC(=O)Nc2ccccc21. The number of anilines is 1. The van der Waals surface area contributed by atoms with E-state index in [2.05, 4.69) is 26.9 Å². The third kappa shape index (κ3) is 5.57. The highest BCUT2D eigenvalue weighted by molar-refractivity contribution is 5.94. The number of rotatable bonds is 7. The first kappa shape index (κ1) is 21.8. The fraction of sp³-hybridized carbons (Fsp3) is 0.391. The lowest BCUT2D eigenvalue weighted by molar-refractivity contribution is -0.116. The topological polar surface area (TPSA) is 68.8 Å². The zero-order valence-corrected chi connectivity index (χ0v) is 17.8. The summed E-state index contributed by atoms with van der Waals surface area (Å²) in [7, 11) is 3.98. The van der Waals surface area contributed by atoms with E-state index in [0.29, 0.717) is 25.5 Å². The number of guanidine groups is 1. The summed E-state index contributed by atoms with van der Waals surface area (Å²) in [5, 5.41) is 9.59. The highest BCUT2D eigenvalue weighted by Gasteiger charge is 2.24. The van der Waals surface area contributed by atoms with Gasteiger partial charge in [-0.3, -0.25) is 9.79 Å². The molecule has 2 unspecified atom stereocenters. The molecule has 0 radical (unpaired) electrons. The Morgan fingerprint density at radius 3 is 2.63 bits per heavy atom. The van der Waals surface area contributed by atoms with Crippen molar-refractivity contribution >= 4 is 17.6 Å². The summed E-state index contributed by atoms with van der Waals surface area (Å²) in [6.45, 7) is 3.88. The van der Waals surface area contributed by atoms with Crippen molar-refractivity contribution in [3.8, 4) is 0 Å². The number of hydrogen-bond donors (Lipinski definition) is 3. The zero-order chi connectivity index (χ0) is 21.5. The Bertz CT molecular complexity index is 881. The Labute approximate surface area is 177 Å². The Balaban J connectivity index is 1.70. The molecule has 160 valence electrons. The molecule has 1 heterocycles. The Hall–Kier alpha value is -2.93. The van der Waals surface area contributed by atoms with Gasteiger partial charge < -0.3 is 20.9 Å². The van der Waals surface area contributed by atoms with Crippen LogP contribution in [0.1, 0.15) is 36.4 Å². The summed E-state index contributed by atoms with van der Waals surface area (Å²) in [6, 6.07) is 14.5. The predicted octanol–water partition coefficient (Wildman–Crippen LogP) is 3.11. The third-order valence-corrected chi connectivity index (χ3v) is 5.27. The summed E-state index contributed by atoms with van der Waals surface area (Å²) in [5.74, 6) is 0.577. The van der Waals surface area contributed by atoms with Crippen LogP contribution in [0.15, 0.2) is 53.5 Å². The average Bonchev–Trinajstić information content (AvgIpc) is 2.72. The van der Waals surface area contributed by atoms with E-state index in [1.807, 2.05) is 39.2 Å². The monoisotopic (exact) mass is 411 g/mol. The van der Waals surface area contributed by atoms with Crippen molar-refractivity contribution in [2.24, 2.45) is 4.99 Å². The first-order valence-electron chi connectivity index (χ1n) is 10.3. The van der Waals surface area contributed by atoms with Gasteiger partial charge >= 0.3 is 0 Å². The Morgan fingerprint density at radius 2 is 1.93 bits per heavy atom. The lowest BCUT2D eigenvalue weighted by Crippen LogP contribution is -2.41. The van der Waals surface area contributed by atoms with Crippen molar-refractivity contribution in [1.82, 2.24) is 15.5 Å². The molecule has 0 spiro atoms. The molecule has 1 aliphatic rings. The Morgan fingerprint density at radius 1 is 1.20 bits per heavy atom. The number of nitrogens with zero attached hydrogens (tertiary/aromatic N) is 2. The van der Waals surface area contributed by atoms with Crippen molar-refractivity contribution in [1.29, 1.82) is 0 Å². The number of benzene rings is 2. The molecule has 7 heteroatoms. The number of aliphatic imine (C=N–C) groups is 1. The van der Waals surface area contributed by atoms with Crippen LogP contribution in [0.2, 0.25) is 0 Å². The van der Waals surface area contributed by atoms with E-state index in [-0.39, 0.29) is 23.7 Å². The minimum Gasteiger partial charge on any atom is -0.357 e. The van der Waals surface area contributed by atoms with Crippen LogP contribution in [0.4, 0.5) is 10.1 Å². The number of halogens is 1. The van der Waals surface area contributed by atoms with E-state index in [1.165, 1.54) is 12.1 Å². The highest BCUT2D eigenvalue weighted by Crippen LogP contribution is 2.31. The van der Waals surface area contributed by atoms with E-state index >= 15 is 0 Å². The van der Waals surface area contributed by atoms with Crippen molar-refractivity contribution in [2.75, 3.05) is 39.0 Å². The van der Waals surface area contributed by atoms with E-state index in [0.717, 1.165) is 23.4 Å². The van der Waals surface area contributed by atoms with Gasteiger partial charge in [-0.15, -0.1) is 0 Å². The summed E-state index contributed by atoms with van der Waals surface area (Å²) in [4.78, 5) is 18.9. The highest BCUT2D eigenvalue weighted by atomic mass is 19.1. The second kappa shape index (κ2) is 10.2. The van der Waals surface area contributed by atoms with Gasteiger partial charge in [-0.2, -0.15) is 0 Å². The summed E-state index contributed by atoms with van der Waals surface area (Å²) >= 11 is 0. The molecule has 30 heavy (non-hydrogen) atoms. The molecule has 2 aromatic carbocycles. The van der Waals surface area contributed by atoms with E-state index in [4.69, 9.17) is 4.99 Å². The van der Waals surface area contributed by atoms with Crippen LogP contribution in [0, 0.1) is 5.82 Å². The van der Waals surface area contributed by atoms with Gasteiger partial charge in [0.05, 0.1) is 12.6 Å². The standard InChI is InChI=1S/C23H30FN5O/c1-4-25-23(27-15-21(29(2)3)16-9-11-18(24)12-10-16)26-14-17-13-22(30)28-20-8-6-5-7-19(17)20/h5-12,17,21H,4,13-15H2,1-3H3,(H,28,30)(H2,25,26,27). The van der Waals surface area contributed by atoms with Crippen molar-refractivity contribution in [3.05, 3.63) is 65.5 Å². The van der Waals surface area contributed by atoms with Crippen LogP contribution in [0.5, 0.6) is 0 Å². The molecule has 1 aliphatic heterocycles. The summed E-state index contributed by atoms with van der Waals surface area (Å²) < 4.78 is 13.3. The second-order valence-corrected chi connectivity index (χ2v) is 7.67. The van der Waals surface area contributed by atoms with Crippen molar-refractivity contribution in [2.45, 2.75) is 25.3 Å². The second-order valence-electron chi connectivity index (χ2n) is 7.67. The van der Waals surface area contributed by atoms with Crippen LogP contribution in [0.3, 0.4) is 0 Å². The number of hydrogen-bond acceptors (Lipinski definition) is 3. The average molecular weight is 412 g/mol. The van der Waals surface area contributed by atoms with E-state index in [9.17, 15) is 9.18 Å². The summed E-state index contributed by atoms with van der Waals surface area (Å²) in [6.07, 6.45) is 0.444. The molecule has 1 amide bonds. The summed E-state index contributed by atoms with van der Waals surface area (Å²) in [5.41, 5.74) is 3.03. The molecule has 3 rings (SSSR count). The first-order chi connectivity index (χ1) is 14.5. The molecule has 2 aromatic rings. The van der Waals surface area contributed by atoms with Crippen LogP contribution >= 0.6 is 0 Å². The van der Waals surface area contributed by atoms with Crippen LogP contribution in [-0.4, -0.2) is 50.5 Å². The van der Waals surface area contributed by atoms with Gasteiger partial charge in [0.1, 0.15) is 5.82 Å². The van der Waals surface area contributed by atoms with Crippen molar-refractivity contribution in [3.63, 3.8) is 0 Å². The minimum atomic E-state index is -0.244. The smallest absolute Gasteiger partial charge is 0.225 e. The fourth-order valence-corrected chi connectivity index (χ4v) is 3.68. The molecule has 3 N–H and O–H groups in total. The number of amides is 1. The van der Waals surface area contributed by atoms with Gasteiger partial charge in [-0.25, -0.2) is 4.39 Å². The lowest BCUT2D eigenvalue weighted by atomic mass is 9.90. The molecule has 2 atom stereocenters. The van der Waals surface area contributed by atoms with Crippen LogP contribution < -0.4 is 16.0 Å². The number of carbonyl (C=O) groups is 1.